The molecule has 0 unspecified atom stereocenters. The molecule has 0 saturated heterocycles. The Morgan fingerprint density at radius 3 is 1.25 bits per heavy atom. The molecule has 0 aliphatic rings. The number of carbonyl (C=O) groups is 1. The Hall–Kier alpha value is -1.17. The molecule has 0 saturated carbocycles. The second-order valence-electron chi connectivity index (χ2n) is 2.74. The number of hydrogen-bond donors (Lipinski definition) is 2. The van der Waals surface area contributed by atoms with E-state index in [1.165, 1.54) is 14.0 Å². The van der Waals surface area contributed by atoms with Crippen LogP contribution >= 0.6 is 0 Å². The average molecular weight is 294 g/mol. The number of rotatable bonds is 3. The van der Waals surface area contributed by atoms with Crippen LogP contribution in [0, 0.1) is 0 Å². The van der Waals surface area contributed by atoms with Gasteiger partial charge in [0.2, 0.25) is 0 Å². The van der Waals surface area contributed by atoms with Gasteiger partial charge in [-0.05, 0) is 27.7 Å². The van der Waals surface area contributed by atoms with Crippen LogP contribution in [0.1, 0.15) is 34.6 Å². The Bertz CT molecular complexity index is 148. The molecule has 0 aliphatic heterocycles. The van der Waals surface area contributed by atoms with Crippen molar-refractivity contribution in [2.45, 2.75) is 34.6 Å². The van der Waals surface area contributed by atoms with Crippen molar-refractivity contribution in [3.05, 3.63) is 25.3 Å². The molecule has 0 amide bonds. The van der Waals surface area contributed by atoms with Crippen LogP contribution < -0.4 is 0 Å². The summed E-state index contributed by atoms with van der Waals surface area (Å²) in [4.78, 5) is 9.59. The van der Waals surface area contributed by atoms with Gasteiger partial charge in [0, 0.05) is 20.1 Å². The summed E-state index contributed by atoms with van der Waals surface area (Å²) in [6, 6.07) is 0. The summed E-state index contributed by atoms with van der Waals surface area (Å²) in [5.74, 6) is -0.245. The molecule has 0 aromatic rings. The summed E-state index contributed by atoms with van der Waals surface area (Å²) in [6.45, 7) is 17.3. The number of esters is 1. The van der Waals surface area contributed by atoms with Crippen molar-refractivity contribution >= 4 is 5.97 Å². The minimum Gasteiger partial charge on any atom is -0.469 e. The van der Waals surface area contributed by atoms with Crippen LogP contribution in [0.25, 0.3) is 0 Å². The maximum Gasteiger partial charge on any atom is 0.302 e. The molecule has 0 atom stereocenters. The first-order valence-corrected chi connectivity index (χ1v) is 6.41. The molecular formula is C15H34O5. The monoisotopic (exact) mass is 294 g/mol. The molecule has 5 nitrogen and oxygen atoms in total. The first-order chi connectivity index (χ1) is 9.43. The largest absolute Gasteiger partial charge is 0.469 e. The average Bonchev–Trinajstić information content (AvgIpc) is 2.42. The number of methoxy groups -OCH3 is 1. The van der Waals surface area contributed by atoms with Crippen LogP contribution in [0.5, 0.6) is 0 Å². The fourth-order valence-corrected chi connectivity index (χ4v) is 0.204. The second-order valence-corrected chi connectivity index (χ2v) is 2.74. The van der Waals surface area contributed by atoms with Crippen molar-refractivity contribution in [2.75, 3.05) is 33.5 Å². The Morgan fingerprint density at radius 1 is 1.05 bits per heavy atom. The maximum absolute atomic E-state index is 9.59. The fraction of sp³-hybridized carbons (Fsp3) is 0.667. The van der Waals surface area contributed by atoms with Crippen LogP contribution in [0.4, 0.5) is 0 Å². The van der Waals surface area contributed by atoms with Crippen molar-refractivity contribution in [1.82, 2.24) is 0 Å². The van der Waals surface area contributed by atoms with E-state index in [1.807, 2.05) is 27.7 Å². The summed E-state index contributed by atoms with van der Waals surface area (Å²) in [5, 5.41) is 15.2. The van der Waals surface area contributed by atoms with Crippen LogP contribution in [-0.2, 0) is 14.3 Å². The molecule has 0 heterocycles. The van der Waals surface area contributed by atoms with E-state index < -0.39 is 0 Å². The molecule has 0 fully saturated rings. The first kappa shape index (κ1) is 31.3. The van der Waals surface area contributed by atoms with E-state index in [1.54, 1.807) is 12.2 Å². The number of carbonyl (C=O) groups excluding carboxylic acids is 1. The lowest BCUT2D eigenvalue weighted by molar-refractivity contribution is -0.137. The highest BCUT2D eigenvalue weighted by Crippen LogP contribution is 1.64. The van der Waals surface area contributed by atoms with E-state index in [2.05, 4.69) is 17.9 Å². The lowest BCUT2D eigenvalue weighted by atomic mass is 10.8. The first-order valence-electron chi connectivity index (χ1n) is 6.41. The standard InChI is InChI=1S/C4H10O.C3H6O2.2C3H6.C2H6O2/c1-3-5-4-2;1-3(4)5-2;2*1-3-2;3-1-2-4/h3-4H2,1-2H3;1-2H3;2*3H,1H2,2H3;3-4H,1-2H2. The van der Waals surface area contributed by atoms with Crippen LogP contribution in [0.15, 0.2) is 25.3 Å². The van der Waals surface area contributed by atoms with E-state index in [0.29, 0.717) is 0 Å². The van der Waals surface area contributed by atoms with E-state index in [0.717, 1.165) is 13.2 Å². The van der Waals surface area contributed by atoms with Gasteiger partial charge in [-0.15, -0.1) is 13.2 Å². The molecule has 0 aromatic heterocycles. The van der Waals surface area contributed by atoms with E-state index in [-0.39, 0.29) is 19.2 Å². The van der Waals surface area contributed by atoms with Crippen molar-refractivity contribution in [1.29, 1.82) is 0 Å². The Morgan fingerprint density at radius 2 is 1.25 bits per heavy atom. The topological polar surface area (TPSA) is 76.0 Å². The van der Waals surface area contributed by atoms with Crippen LogP contribution in [0.2, 0.25) is 0 Å². The van der Waals surface area contributed by atoms with Gasteiger partial charge in [0.15, 0.2) is 0 Å². The van der Waals surface area contributed by atoms with E-state index in [9.17, 15) is 4.79 Å². The van der Waals surface area contributed by atoms with Gasteiger partial charge >= 0.3 is 5.97 Å². The van der Waals surface area contributed by atoms with E-state index >= 15 is 0 Å². The summed E-state index contributed by atoms with van der Waals surface area (Å²) in [5.41, 5.74) is 0. The third kappa shape index (κ3) is 288. The maximum atomic E-state index is 9.59. The predicted molar refractivity (Wildman–Crippen MR) is 85.8 cm³/mol. The Kier molecular flexibility index (Phi) is 81.8. The fourth-order valence-electron chi connectivity index (χ4n) is 0.204. The molecule has 0 rings (SSSR count). The minimum atomic E-state index is -0.245. The van der Waals surface area contributed by atoms with Gasteiger partial charge in [-0.3, -0.25) is 4.79 Å². The third-order valence-corrected chi connectivity index (χ3v) is 0.796. The van der Waals surface area contributed by atoms with Gasteiger partial charge in [0.05, 0.1) is 20.3 Å². The number of hydrogen-bond acceptors (Lipinski definition) is 5. The van der Waals surface area contributed by atoms with Gasteiger partial charge < -0.3 is 19.7 Å². The quantitative estimate of drug-likeness (QED) is 0.618. The molecule has 0 aromatic carbocycles. The molecule has 0 spiro atoms. The van der Waals surface area contributed by atoms with Gasteiger partial charge in [0.25, 0.3) is 0 Å². The lowest BCUT2D eigenvalue weighted by Crippen LogP contribution is -1.88. The Labute approximate surface area is 124 Å². The summed E-state index contributed by atoms with van der Waals surface area (Å²) in [7, 11) is 1.35. The zero-order valence-corrected chi connectivity index (χ0v) is 14.0. The van der Waals surface area contributed by atoms with Crippen LogP contribution in [-0.4, -0.2) is 49.7 Å². The van der Waals surface area contributed by atoms with Crippen LogP contribution in [0.3, 0.4) is 0 Å². The molecule has 20 heavy (non-hydrogen) atoms. The second kappa shape index (κ2) is 52.3. The van der Waals surface area contributed by atoms with Gasteiger partial charge in [-0.1, -0.05) is 12.2 Å². The molecular weight excluding hydrogens is 260 g/mol. The highest BCUT2D eigenvalue weighted by molar-refractivity contribution is 5.65. The molecule has 124 valence electrons. The lowest BCUT2D eigenvalue weighted by Gasteiger charge is -1.86. The zero-order chi connectivity index (χ0) is 17.2. The summed E-state index contributed by atoms with van der Waals surface area (Å²) < 4.78 is 8.94. The predicted octanol–water partition coefficient (Wildman–Crippen LogP) is 2.58. The minimum absolute atomic E-state index is 0.125. The van der Waals surface area contributed by atoms with Gasteiger partial charge in [0.1, 0.15) is 0 Å². The molecule has 2 N–H and O–H groups in total. The molecule has 5 heteroatoms. The van der Waals surface area contributed by atoms with Gasteiger partial charge in [-0.25, -0.2) is 0 Å². The Balaban J connectivity index is -0.0000000478. The number of allylic oxidation sites excluding steroid dienone is 2. The van der Waals surface area contributed by atoms with Crippen molar-refractivity contribution < 1.29 is 24.5 Å². The highest BCUT2D eigenvalue weighted by atomic mass is 16.5. The number of aliphatic hydroxyl groups excluding tert-OH is 2. The molecule has 0 aliphatic carbocycles. The molecule has 0 radical (unpaired) electrons. The summed E-state index contributed by atoms with van der Waals surface area (Å²) >= 11 is 0. The highest BCUT2D eigenvalue weighted by Gasteiger charge is 1.75. The third-order valence-electron chi connectivity index (χ3n) is 0.796. The SMILES string of the molecule is C=CC.C=CC.CCOCC.COC(C)=O.OCCO. The van der Waals surface area contributed by atoms with Gasteiger partial charge in [-0.2, -0.15) is 0 Å². The number of ether oxygens (including phenoxy) is 2. The van der Waals surface area contributed by atoms with E-state index in [4.69, 9.17) is 14.9 Å². The zero-order valence-electron chi connectivity index (χ0n) is 14.0. The van der Waals surface area contributed by atoms with Crippen molar-refractivity contribution in [3.63, 3.8) is 0 Å². The summed E-state index contributed by atoms with van der Waals surface area (Å²) in [6.07, 6.45) is 3.50. The van der Waals surface area contributed by atoms with Crippen molar-refractivity contribution in [3.8, 4) is 0 Å². The smallest absolute Gasteiger partial charge is 0.302 e. The normalized spacial score (nSPS) is 6.60. The van der Waals surface area contributed by atoms with Crippen molar-refractivity contribution in [2.24, 2.45) is 0 Å². The number of aliphatic hydroxyl groups is 2. The molecule has 0 bridgehead atoms.